The summed E-state index contributed by atoms with van der Waals surface area (Å²) in [5, 5.41) is 0.150. The summed E-state index contributed by atoms with van der Waals surface area (Å²) in [5.74, 6) is -0.208. The Bertz CT molecular complexity index is 940. The molecule has 1 aliphatic rings. The second-order valence-corrected chi connectivity index (χ2v) is 9.58. The van der Waals surface area contributed by atoms with Gasteiger partial charge in [-0.3, -0.25) is 4.79 Å². The van der Waals surface area contributed by atoms with E-state index in [-0.39, 0.29) is 15.8 Å². The molecule has 0 aliphatic carbocycles. The van der Waals surface area contributed by atoms with Crippen LogP contribution in [0.3, 0.4) is 0 Å². The van der Waals surface area contributed by atoms with Gasteiger partial charge >= 0.3 is 0 Å². The Labute approximate surface area is 178 Å². The fourth-order valence-electron chi connectivity index (χ4n) is 3.57. The van der Waals surface area contributed by atoms with Gasteiger partial charge in [0.25, 0.3) is 5.91 Å². The van der Waals surface area contributed by atoms with Gasteiger partial charge in [-0.05, 0) is 43.5 Å². The number of amides is 1. The minimum Gasteiger partial charge on any atom is -0.335 e. The summed E-state index contributed by atoms with van der Waals surface area (Å²) in [4.78, 5) is 14.8. The third kappa shape index (κ3) is 5.18. The van der Waals surface area contributed by atoms with Crippen molar-refractivity contribution in [3.05, 3.63) is 64.7 Å². The molecule has 7 heteroatoms. The molecule has 0 unspecified atom stereocenters. The van der Waals surface area contributed by atoms with Gasteiger partial charge in [-0.2, -0.15) is 4.31 Å². The first-order valence-corrected chi connectivity index (χ1v) is 11.9. The maximum atomic E-state index is 13.2. The Morgan fingerprint density at radius 1 is 1.03 bits per heavy atom. The zero-order valence-electron chi connectivity index (χ0n) is 16.7. The van der Waals surface area contributed by atoms with Gasteiger partial charge in [-0.15, -0.1) is 0 Å². The lowest BCUT2D eigenvalue weighted by Crippen LogP contribution is -2.33. The molecule has 156 valence electrons. The Kier molecular flexibility index (Phi) is 7.33. The molecule has 2 aromatic rings. The van der Waals surface area contributed by atoms with Gasteiger partial charge in [-0.25, -0.2) is 8.42 Å². The van der Waals surface area contributed by atoms with Crippen LogP contribution in [0, 0.1) is 0 Å². The van der Waals surface area contributed by atoms with Gasteiger partial charge in [0.15, 0.2) is 0 Å². The molecule has 1 aliphatic heterocycles. The third-order valence-corrected chi connectivity index (χ3v) is 7.63. The van der Waals surface area contributed by atoms with E-state index < -0.39 is 10.0 Å². The van der Waals surface area contributed by atoms with E-state index in [1.807, 2.05) is 37.3 Å². The van der Waals surface area contributed by atoms with Crippen LogP contribution in [0.25, 0.3) is 0 Å². The first-order valence-electron chi connectivity index (χ1n) is 10.1. The molecule has 1 amide bonds. The normalized spacial score (nSPS) is 15.7. The van der Waals surface area contributed by atoms with Crippen LogP contribution < -0.4 is 0 Å². The van der Waals surface area contributed by atoms with Gasteiger partial charge in [0.05, 0.1) is 5.02 Å². The molecule has 1 fully saturated rings. The quantitative estimate of drug-likeness (QED) is 0.669. The minimum atomic E-state index is -3.73. The van der Waals surface area contributed by atoms with Gasteiger partial charge in [0.1, 0.15) is 4.90 Å². The van der Waals surface area contributed by atoms with E-state index in [0.717, 1.165) is 31.2 Å². The molecule has 29 heavy (non-hydrogen) atoms. The number of benzene rings is 2. The van der Waals surface area contributed by atoms with Crippen molar-refractivity contribution in [1.29, 1.82) is 0 Å². The summed E-state index contributed by atoms with van der Waals surface area (Å²) in [6, 6.07) is 14.3. The Morgan fingerprint density at radius 2 is 1.69 bits per heavy atom. The molecule has 0 spiro atoms. The average Bonchev–Trinajstić information content (AvgIpc) is 3.03. The van der Waals surface area contributed by atoms with Gasteiger partial charge < -0.3 is 4.90 Å². The fraction of sp³-hybridized carbons (Fsp3) is 0.409. The minimum absolute atomic E-state index is 0.0164. The molecule has 1 saturated heterocycles. The zero-order chi connectivity index (χ0) is 20.9. The topological polar surface area (TPSA) is 57.7 Å². The lowest BCUT2D eigenvalue weighted by Gasteiger charge is -2.23. The van der Waals surface area contributed by atoms with Crippen molar-refractivity contribution in [3.8, 4) is 0 Å². The van der Waals surface area contributed by atoms with Crippen molar-refractivity contribution < 1.29 is 13.2 Å². The first kappa shape index (κ1) is 21.8. The van der Waals surface area contributed by atoms with Crippen LogP contribution in [0.4, 0.5) is 0 Å². The van der Waals surface area contributed by atoms with E-state index in [1.165, 1.54) is 16.4 Å². The van der Waals surface area contributed by atoms with Crippen LogP contribution >= 0.6 is 11.6 Å². The van der Waals surface area contributed by atoms with Gasteiger partial charge in [0.2, 0.25) is 10.0 Å². The summed E-state index contributed by atoms with van der Waals surface area (Å²) in [7, 11) is -3.73. The number of carbonyl (C=O) groups is 1. The zero-order valence-corrected chi connectivity index (χ0v) is 18.3. The smallest absolute Gasteiger partial charge is 0.254 e. The van der Waals surface area contributed by atoms with E-state index in [2.05, 4.69) is 0 Å². The predicted molar refractivity (Wildman–Crippen MR) is 116 cm³/mol. The van der Waals surface area contributed by atoms with Crippen LogP contribution in [0.1, 0.15) is 48.5 Å². The van der Waals surface area contributed by atoms with Crippen LogP contribution in [-0.4, -0.2) is 43.2 Å². The predicted octanol–water partition coefficient (Wildman–Crippen LogP) is 4.57. The molecular formula is C22H27ClN2O3S. The summed E-state index contributed by atoms with van der Waals surface area (Å²) < 4.78 is 27.9. The van der Waals surface area contributed by atoms with Crippen molar-refractivity contribution in [3.63, 3.8) is 0 Å². The number of nitrogens with zero attached hydrogens (tertiary/aromatic N) is 2. The number of halogens is 1. The Morgan fingerprint density at radius 3 is 2.31 bits per heavy atom. The molecule has 0 bridgehead atoms. The molecule has 0 saturated carbocycles. The molecular weight excluding hydrogens is 408 g/mol. The summed E-state index contributed by atoms with van der Waals surface area (Å²) in [5.41, 5.74) is 1.36. The van der Waals surface area contributed by atoms with E-state index in [0.29, 0.717) is 31.7 Å². The van der Waals surface area contributed by atoms with E-state index >= 15 is 0 Å². The molecule has 1 heterocycles. The lowest BCUT2D eigenvalue weighted by molar-refractivity contribution is 0.0752. The number of carbonyl (C=O) groups excluding carboxylic acids is 1. The largest absolute Gasteiger partial charge is 0.335 e. The summed E-state index contributed by atoms with van der Waals surface area (Å²) in [6.07, 6.45) is 3.75. The maximum Gasteiger partial charge on any atom is 0.254 e. The number of rotatable bonds is 6. The Balaban J connectivity index is 1.88. The SMILES string of the molecule is CCN(Cc1ccccc1)C(=O)c1ccc(Cl)c(S(=O)(=O)N2CCCCCC2)c1. The van der Waals surface area contributed by atoms with E-state index in [9.17, 15) is 13.2 Å². The van der Waals surface area contributed by atoms with Crippen molar-refractivity contribution >= 4 is 27.5 Å². The van der Waals surface area contributed by atoms with Crippen LogP contribution in [0.5, 0.6) is 0 Å². The van der Waals surface area contributed by atoms with Gasteiger partial charge in [-0.1, -0.05) is 54.8 Å². The van der Waals surface area contributed by atoms with Crippen molar-refractivity contribution in [2.45, 2.75) is 44.0 Å². The van der Waals surface area contributed by atoms with E-state index in [4.69, 9.17) is 11.6 Å². The summed E-state index contributed by atoms with van der Waals surface area (Å²) in [6.45, 7) is 3.88. The highest BCUT2D eigenvalue weighted by atomic mass is 35.5. The van der Waals surface area contributed by atoms with Crippen LogP contribution in [0.2, 0.25) is 5.02 Å². The molecule has 0 atom stereocenters. The number of sulfonamides is 1. The average molecular weight is 435 g/mol. The highest BCUT2D eigenvalue weighted by Crippen LogP contribution is 2.28. The first-order chi connectivity index (χ1) is 13.9. The fourth-order valence-corrected chi connectivity index (χ4v) is 5.59. The molecule has 0 aromatic heterocycles. The molecule has 3 rings (SSSR count). The second kappa shape index (κ2) is 9.74. The van der Waals surface area contributed by atoms with Gasteiger partial charge in [0, 0.05) is 31.7 Å². The molecule has 5 nitrogen and oxygen atoms in total. The van der Waals surface area contributed by atoms with Crippen LogP contribution in [-0.2, 0) is 16.6 Å². The molecule has 0 radical (unpaired) electrons. The van der Waals surface area contributed by atoms with Crippen molar-refractivity contribution in [2.75, 3.05) is 19.6 Å². The number of hydrogen-bond acceptors (Lipinski definition) is 3. The Hall–Kier alpha value is -1.89. The molecule has 0 N–H and O–H groups in total. The van der Waals surface area contributed by atoms with Crippen LogP contribution in [0.15, 0.2) is 53.4 Å². The van der Waals surface area contributed by atoms with Crippen molar-refractivity contribution in [1.82, 2.24) is 9.21 Å². The summed E-state index contributed by atoms with van der Waals surface area (Å²) >= 11 is 6.26. The monoisotopic (exact) mass is 434 g/mol. The maximum absolute atomic E-state index is 13.2. The number of hydrogen-bond donors (Lipinski definition) is 0. The third-order valence-electron chi connectivity index (χ3n) is 5.25. The second-order valence-electron chi connectivity index (χ2n) is 7.27. The highest BCUT2D eigenvalue weighted by Gasteiger charge is 2.28. The lowest BCUT2D eigenvalue weighted by atomic mass is 10.1. The highest BCUT2D eigenvalue weighted by molar-refractivity contribution is 7.89. The van der Waals surface area contributed by atoms with Crippen molar-refractivity contribution in [2.24, 2.45) is 0 Å². The molecule has 2 aromatic carbocycles. The van der Waals surface area contributed by atoms with E-state index in [1.54, 1.807) is 11.0 Å². The standard InChI is InChI=1S/C22H27ClN2O3S/c1-2-24(17-18-10-6-5-7-11-18)22(26)19-12-13-20(23)21(16-19)29(27,28)25-14-8-3-4-9-15-25/h5-7,10-13,16H,2-4,8-9,14-15,17H2,1H3.